The summed E-state index contributed by atoms with van der Waals surface area (Å²) in [4.78, 5) is 19.5. The van der Waals surface area contributed by atoms with E-state index < -0.39 is 10.0 Å². The molecule has 2 saturated heterocycles. The number of piperidine rings is 1. The summed E-state index contributed by atoms with van der Waals surface area (Å²) in [6.07, 6.45) is 5.57. The third kappa shape index (κ3) is 5.92. The monoisotopic (exact) mass is 649 g/mol. The van der Waals surface area contributed by atoms with Crippen molar-refractivity contribution in [1.82, 2.24) is 24.8 Å². The highest BCUT2D eigenvalue weighted by molar-refractivity contribution is 7.92. The quantitative estimate of drug-likeness (QED) is 0.257. The van der Waals surface area contributed by atoms with Crippen LogP contribution in [0, 0.1) is 5.82 Å². The van der Waals surface area contributed by atoms with E-state index in [1.54, 1.807) is 19.4 Å². The van der Waals surface area contributed by atoms with Gasteiger partial charge in [-0.15, -0.1) is 0 Å². The lowest BCUT2D eigenvalue weighted by Crippen LogP contribution is -2.52. The van der Waals surface area contributed by atoms with Crippen molar-refractivity contribution in [1.29, 1.82) is 0 Å². The van der Waals surface area contributed by atoms with Gasteiger partial charge in [-0.2, -0.15) is 9.97 Å². The van der Waals surface area contributed by atoms with E-state index in [9.17, 15) is 8.42 Å². The second-order valence-electron chi connectivity index (χ2n) is 12.4. The molecule has 3 N–H and O–H groups in total. The first kappa shape index (κ1) is 30.5. The number of aromatic amines is 1. The van der Waals surface area contributed by atoms with Crippen LogP contribution in [0.4, 0.5) is 38.9 Å². The number of anilines is 6. The zero-order valence-corrected chi connectivity index (χ0v) is 27.2. The first-order valence-electron chi connectivity index (χ1n) is 15.7. The van der Waals surface area contributed by atoms with Gasteiger partial charge in [-0.1, -0.05) is 12.1 Å². The molecule has 46 heavy (non-hydrogen) atoms. The van der Waals surface area contributed by atoms with Crippen LogP contribution < -0.4 is 24.6 Å². The van der Waals surface area contributed by atoms with E-state index in [1.807, 2.05) is 24.3 Å². The lowest BCUT2D eigenvalue weighted by Gasteiger charge is -2.42. The molecule has 0 aliphatic carbocycles. The number of aromatic nitrogens is 3. The Kier molecular flexibility index (Phi) is 8.11. The summed E-state index contributed by atoms with van der Waals surface area (Å²) >= 11 is 0. The number of benzene rings is 2. The number of hydrogen-bond donors (Lipinski definition) is 3. The Labute approximate surface area is 268 Å². The van der Waals surface area contributed by atoms with Gasteiger partial charge in [-0.25, -0.2) is 12.8 Å². The molecule has 2 aromatic carbocycles. The average Bonchev–Trinajstić information content (AvgIpc) is 3.70. The van der Waals surface area contributed by atoms with Crippen molar-refractivity contribution < 1.29 is 17.5 Å². The predicted molar refractivity (Wildman–Crippen MR) is 180 cm³/mol. The van der Waals surface area contributed by atoms with E-state index in [1.165, 1.54) is 16.6 Å². The molecule has 0 spiro atoms. The smallest absolute Gasteiger partial charge is 0.232 e. The summed E-state index contributed by atoms with van der Waals surface area (Å²) in [5.74, 6) is 0.794. The number of ether oxygens (including phenoxy) is 1. The molecule has 4 aromatic rings. The number of halogens is 1. The highest BCUT2D eigenvalue weighted by Gasteiger charge is 2.31. The molecular formula is C32H40FN9O3S. The fourth-order valence-corrected chi connectivity index (χ4v) is 7.92. The van der Waals surface area contributed by atoms with Gasteiger partial charge in [0.05, 0.1) is 30.1 Å². The van der Waals surface area contributed by atoms with Crippen LogP contribution in [0.2, 0.25) is 0 Å². The number of sulfonamides is 1. The Bertz CT molecular complexity index is 1850. The minimum absolute atomic E-state index is 0.243. The van der Waals surface area contributed by atoms with E-state index >= 15 is 4.39 Å². The summed E-state index contributed by atoms with van der Waals surface area (Å²) in [6.45, 7) is 6.26. The third-order valence-corrected chi connectivity index (χ3v) is 10.5. The van der Waals surface area contributed by atoms with Crippen molar-refractivity contribution in [2.45, 2.75) is 25.3 Å². The molecule has 0 bridgehead atoms. The second-order valence-corrected chi connectivity index (χ2v) is 14.3. The van der Waals surface area contributed by atoms with Crippen LogP contribution in [-0.4, -0.2) is 105 Å². The Morgan fingerprint density at radius 1 is 0.978 bits per heavy atom. The molecule has 2 aromatic heterocycles. The highest BCUT2D eigenvalue weighted by Crippen LogP contribution is 2.40. The Morgan fingerprint density at radius 2 is 1.76 bits per heavy atom. The number of methoxy groups -OCH3 is 1. The van der Waals surface area contributed by atoms with Gasteiger partial charge in [0, 0.05) is 69.8 Å². The lowest BCUT2D eigenvalue weighted by atomic mass is 10.0. The van der Waals surface area contributed by atoms with Crippen molar-refractivity contribution in [3.8, 4) is 5.75 Å². The molecule has 2 fully saturated rings. The number of para-hydroxylation sites is 1. The molecule has 0 saturated carbocycles. The summed E-state index contributed by atoms with van der Waals surface area (Å²) in [7, 11) is 0.266. The van der Waals surface area contributed by atoms with Crippen LogP contribution in [0.5, 0.6) is 5.75 Å². The highest BCUT2D eigenvalue weighted by atomic mass is 32.2. The van der Waals surface area contributed by atoms with E-state index in [0.29, 0.717) is 59.0 Å². The van der Waals surface area contributed by atoms with E-state index in [4.69, 9.17) is 9.72 Å². The predicted octanol–water partition coefficient (Wildman–Crippen LogP) is 4.13. The fourth-order valence-electron chi connectivity index (χ4n) is 6.95. The van der Waals surface area contributed by atoms with Gasteiger partial charge in [0.15, 0.2) is 5.82 Å². The molecular weight excluding hydrogens is 609 g/mol. The van der Waals surface area contributed by atoms with Crippen LogP contribution in [0.15, 0.2) is 42.6 Å². The summed E-state index contributed by atoms with van der Waals surface area (Å²) in [5.41, 5.74) is 3.68. The number of nitrogens with one attached hydrogen (secondary N) is 3. The fraction of sp³-hybridized carbons (Fsp3) is 0.438. The number of likely N-dealkylation sites (N-methyl/N-ethyl adjacent to an activating group) is 1. The van der Waals surface area contributed by atoms with Crippen LogP contribution in [-0.2, 0) is 16.4 Å². The number of rotatable bonds is 8. The maximum atomic E-state index is 15.8. The molecule has 0 radical (unpaired) electrons. The maximum absolute atomic E-state index is 15.8. The molecule has 7 rings (SSSR count). The van der Waals surface area contributed by atoms with Crippen molar-refractivity contribution in [3.63, 3.8) is 0 Å². The number of piperazine rings is 1. The average molecular weight is 650 g/mol. The van der Waals surface area contributed by atoms with Crippen LogP contribution in [0.3, 0.4) is 0 Å². The molecule has 14 heteroatoms. The number of nitrogens with zero attached hydrogens (tertiary/aromatic N) is 6. The van der Waals surface area contributed by atoms with E-state index in [-0.39, 0.29) is 11.8 Å². The van der Waals surface area contributed by atoms with E-state index in [2.05, 4.69) is 42.3 Å². The second kappa shape index (κ2) is 12.2. The minimum atomic E-state index is -3.46. The number of hydrogen-bond acceptors (Lipinski definition) is 10. The van der Waals surface area contributed by atoms with Gasteiger partial charge >= 0.3 is 0 Å². The first-order chi connectivity index (χ1) is 22.2. The molecule has 5 heterocycles. The van der Waals surface area contributed by atoms with Gasteiger partial charge in [0.1, 0.15) is 22.9 Å². The van der Waals surface area contributed by atoms with Gasteiger partial charge in [0.2, 0.25) is 16.0 Å². The maximum Gasteiger partial charge on any atom is 0.232 e. The standard InChI is InChI=1S/C32H40FN9O3S/c1-39-15-17-40(18-16-39)23-9-12-41(13-10-23)29-25(33)19-22(20-27(29)45-2)35-32-37-30-24(7-11-34-30)31(38-32)36-26-6-4-5-21-8-14-42(28(21)26)46(3,43)44/h4-7,11,19-20,23H,8-10,12-18H2,1-3H3,(H3,34,35,36,37,38). The molecule has 0 atom stereocenters. The Balaban J connectivity index is 1.12. The summed E-state index contributed by atoms with van der Waals surface area (Å²) < 4.78 is 48.0. The largest absolute Gasteiger partial charge is 0.494 e. The zero-order valence-electron chi connectivity index (χ0n) is 26.4. The molecule has 244 valence electrons. The number of H-pyrrole nitrogens is 1. The van der Waals surface area contributed by atoms with Crippen molar-refractivity contribution in [2.24, 2.45) is 0 Å². The van der Waals surface area contributed by atoms with Crippen molar-refractivity contribution in [3.05, 3.63) is 54.0 Å². The zero-order chi connectivity index (χ0) is 32.0. The van der Waals surface area contributed by atoms with Crippen LogP contribution in [0.25, 0.3) is 11.0 Å². The molecule has 3 aliphatic rings. The van der Waals surface area contributed by atoms with Crippen LogP contribution in [0.1, 0.15) is 18.4 Å². The van der Waals surface area contributed by atoms with Crippen LogP contribution >= 0.6 is 0 Å². The van der Waals surface area contributed by atoms with Crippen molar-refractivity contribution in [2.75, 3.05) is 86.1 Å². The molecule has 0 unspecified atom stereocenters. The SMILES string of the molecule is COc1cc(Nc2nc(Nc3cccc4c3N(S(C)(=O)=O)CC4)c3cc[nH]c3n2)cc(F)c1N1CCC(N2CCN(C)CC2)CC1. The molecule has 0 amide bonds. The Hall–Kier alpha value is -4.14. The van der Waals surface area contributed by atoms with E-state index in [0.717, 1.165) is 63.1 Å². The first-order valence-corrected chi connectivity index (χ1v) is 17.6. The van der Waals surface area contributed by atoms with Gasteiger partial charge < -0.3 is 30.2 Å². The molecule has 3 aliphatic heterocycles. The topological polar surface area (TPSA) is 122 Å². The van der Waals surface area contributed by atoms with Crippen molar-refractivity contribution >= 4 is 55.6 Å². The van der Waals surface area contributed by atoms with Gasteiger partial charge in [-0.05, 0) is 50.1 Å². The Morgan fingerprint density at radius 3 is 2.50 bits per heavy atom. The normalized spacial score (nSPS) is 18.3. The third-order valence-electron chi connectivity index (χ3n) is 9.36. The van der Waals surface area contributed by atoms with Gasteiger partial charge in [-0.3, -0.25) is 9.21 Å². The lowest BCUT2D eigenvalue weighted by molar-refractivity contribution is 0.0980. The summed E-state index contributed by atoms with van der Waals surface area (Å²) in [5, 5.41) is 7.24. The summed E-state index contributed by atoms with van der Waals surface area (Å²) in [6, 6.07) is 11.3. The molecule has 12 nitrogen and oxygen atoms in total. The number of fused-ring (bicyclic) bond motifs is 2. The van der Waals surface area contributed by atoms with Gasteiger partial charge in [0.25, 0.3) is 0 Å². The minimum Gasteiger partial charge on any atom is -0.494 e.